The highest BCUT2D eigenvalue weighted by atomic mass is 32.2. The molecule has 1 aliphatic rings. The maximum atomic E-state index is 11.3. The molecule has 1 aromatic rings. The molecule has 6 heteroatoms. The summed E-state index contributed by atoms with van der Waals surface area (Å²) < 4.78 is 0. The quantitative estimate of drug-likeness (QED) is 0.709. The van der Waals surface area contributed by atoms with Crippen molar-refractivity contribution in [3.8, 4) is 0 Å². The summed E-state index contributed by atoms with van der Waals surface area (Å²) in [5.74, 6) is 3.04. The van der Waals surface area contributed by atoms with E-state index < -0.39 is 0 Å². The molecule has 1 aliphatic heterocycles. The Morgan fingerprint density at radius 1 is 1.73 bits per heavy atom. The first-order valence-electron chi connectivity index (χ1n) is 4.81. The minimum absolute atomic E-state index is 0.167. The maximum absolute atomic E-state index is 11.3. The molecule has 0 bridgehead atoms. The van der Waals surface area contributed by atoms with Crippen LogP contribution in [0.4, 0.5) is 5.82 Å². The first-order valence-corrected chi connectivity index (χ1v) is 5.97. The molecule has 0 spiro atoms. The van der Waals surface area contributed by atoms with Crippen molar-refractivity contribution < 1.29 is 0 Å². The van der Waals surface area contributed by atoms with Crippen LogP contribution < -0.4 is 11.3 Å². The number of aromatic nitrogens is 2. The van der Waals surface area contributed by atoms with E-state index in [0.29, 0.717) is 5.82 Å². The number of rotatable bonds is 1. The van der Waals surface area contributed by atoms with Gasteiger partial charge in [0.05, 0.1) is 6.04 Å². The Morgan fingerprint density at radius 3 is 3.20 bits per heavy atom. The Kier molecular flexibility index (Phi) is 2.97. The van der Waals surface area contributed by atoms with Gasteiger partial charge in [-0.15, -0.1) is 0 Å². The monoisotopic (exact) mass is 226 g/mol. The van der Waals surface area contributed by atoms with Gasteiger partial charge in [-0.25, -0.2) is 4.98 Å². The molecule has 82 valence electrons. The van der Waals surface area contributed by atoms with Crippen LogP contribution in [-0.2, 0) is 0 Å². The standard InChI is InChI=1S/C9H14N4OS/c1-13-2-3-15-5-6(13)9-11-7(10)4-8(14)12-9/h4,6H,2-3,5H2,1H3,(H3,10,11,12,14). The fourth-order valence-electron chi connectivity index (χ4n) is 1.63. The van der Waals surface area contributed by atoms with Gasteiger partial charge >= 0.3 is 0 Å². The summed E-state index contributed by atoms with van der Waals surface area (Å²) in [6.45, 7) is 1.01. The number of aromatic amines is 1. The van der Waals surface area contributed by atoms with Gasteiger partial charge in [0, 0.05) is 24.1 Å². The fraction of sp³-hybridized carbons (Fsp3) is 0.556. The van der Waals surface area contributed by atoms with E-state index in [4.69, 9.17) is 5.73 Å². The van der Waals surface area contributed by atoms with E-state index in [1.807, 2.05) is 18.8 Å². The van der Waals surface area contributed by atoms with Gasteiger partial charge in [-0.05, 0) is 7.05 Å². The van der Waals surface area contributed by atoms with Crippen molar-refractivity contribution in [2.24, 2.45) is 0 Å². The molecule has 0 radical (unpaired) electrons. The van der Waals surface area contributed by atoms with Crippen LogP contribution in [0.3, 0.4) is 0 Å². The Hall–Kier alpha value is -1.01. The van der Waals surface area contributed by atoms with Crippen LogP contribution in [0.25, 0.3) is 0 Å². The van der Waals surface area contributed by atoms with E-state index in [-0.39, 0.29) is 17.4 Å². The van der Waals surface area contributed by atoms with Crippen molar-refractivity contribution in [2.75, 3.05) is 30.8 Å². The molecule has 0 saturated carbocycles. The Labute approximate surface area is 92.1 Å². The SMILES string of the molecule is CN1CCSCC1c1nc(N)cc(=O)[nH]1. The highest BCUT2D eigenvalue weighted by Gasteiger charge is 2.23. The third kappa shape index (κ3) is 2.32. The normalized spacial score (nSPS) is 22.9. The van der Waals surface area contributed by atoms with Crippen LogP contribution in [0, 0.1) is 0 Å². The molecule has 15 heavy (non-hydrogen) atoms. The average molecular weight is 226 g/mol. The molecule has 2 heterocycles. The summed E-state index contributed by atoms with van der Waals surface area (Å²) in [4.78, 5) is 20.4. The number of anilines is 1. The Bertz CT molecular complexity index is 405. The molecular weight excluding hydrogens is 212 g/mol. The topological polar surface area (TPSA) is 75.0 Å². The molecule has 0 amide bonds. The van der Waals surface area contributed by atoms with Crippen LogP contribution in [-0.4, -0.2) is 40.0 Å². The zero-order chi connectivity index (χ0) is 10.8. The van der Waals surface area contributed by atoms with Crippen molar-refractivity contribution in [1.29, 1.82) is 0 Å². The summed E-state index contributed by atoms with van der Waals surface area (Å²) in [5, 5.41) is 0. The number of H-pyrrole nitrogens is 1. The molecule has 1 atom stereocenters. The van der Waals surface area contributed by atoms with Gasteiger partial charge in [0.15, 0.2) is 0 Å². The lowest BCUT2D eigenvalue weighted by atomic mass is 10.2. The van der Waals surface area contributed by atoms with Gasteiger partial charge in [-0.2, -0.15) is 11.8 Å². The van der Waals surface area contributed by atoms with Crippen molar-refractivity contribution in [2.45, 2.75) is 6.04 Å². The maximum Gasteiger partial charge on any atom is 0.253 e. The number of thioether (sulfide) groups is 1. The predicted molar refractivity (Wildman–Crippen MR) is 62.0 cm³/mol. The van der Waals surface area contributed by atoms with E-state index in [9.17, 15) is 4.79 Å². The summed E-state index contributed by atoms with van der Waals surface area (Å²) >= 11 is 1.87. The zero-order valence-electron chi connectivity index (χ0n) is 8.56. The average Bonchev–Trinajstić information content (AvgIpc) is 2.16. The molecule has 1 unspecified atom stereocenters. The van der Waals surface area contributed by atoms with Gasteiger partial charge < -0.3 is 10.7 Å². The molecule has 3 N–H and O–H groups in total. The minimum atomic E-state index is -0.179. The molecular formula is C9H14N4OS. The molecule has 1 fully saturated rings. The highest BCUT2D eigenvalue weighted by Crippen LogP contribution is 2.25. The van der Waals surface area contributed by atoms with Gasteiger partial charge in [-0.3, -0.25) is 9.69 Å². The summed E-state index contributed by atoms with van der Waals surface area (Å²) in [6, 6.07) is 1.47. The van der Waals surface area contributed by atoms with Gasteiger partial charge in [0.1, 0.15) is 11.6 Å². The van der Waals surface area contributed by atoms with Crippen molar-refractivity contribution >= 4 is 17.6 Å². The molecule has 1 saturated heterocycles. The highest BCUT2D eigenvalue weighted by molar-refractivity contribution is 7.99. The van der Waals surface area contributed by atoms with E-state index in [2.05, 4.69) is 14.9 Å². The van der Waals surface area contributed by atoms with Crippen molar-refractivity contribution in [3.63, 3.8) is 0 Å². The minimum Gasteiger partial charge on any atom is -0.383 e. The van der Waals surface area contributed by atoms with Crippen LogP contribution in [0.2, 0.25) is 0 Å². The van der Waals surface area contributed by atoms with E-state index in [1.165, 1.54) is 6.07 Å². The second-order valence-electron chi connectivity index (χ2n) is 3.63. The second-order valence-corrected chi connectivity index (χ2v) is 4.78. The molecule has 2 rings (SSSR count). The summed E-state index contributed by atoms with van der Waals surface area (Å²) in [7, 11) is 2.04. The molecule has 5 nitrogen and oxygen atoms in total. The van der Waals surface area contributed by atoms with Crippen LogP contribution in [0.1, 0.15) is 11.9 Å². The van der Waals surface area contributed by atoms with E-state index in [1.54, 1.807) is 0 Å². The fourth-order valence-corrected chi connectivity index (χ4v) is 2.85. The van der Waals surface area contributed by atoms with Crippen molar-refractivity contribution in [3.05, 3.63) is 22.2 Å². The van der Waals surface area contributed by atoms with E-state index in [0.717, 1.165) is 18.1 Å². The third-order valence-electron chi connectivity index (χ3n) is 2.49. The lowest BCUT2D eigenvalue weighted by Gasteiger charge is -2.31. The Balaban J connectivity index is 2.31. The zero-order valence-corrected chi connectivity index (χ0v) is 9.38. The first-order chi connectivity index (χ1) is 7.16. The predicted octanol–water partition coefficient (Wildman–Crippen LogP) is 0.0718. The number of hydrogen-bond donors (Lipinski definition) is 2. The van der Waals surface area contributed by atoms with Gasteiger partial charge in [-0.1, -0.05) is 0 Å². The number of nitrogen functional groups attached to an aromatic ring is 1. The Morgan fingerprint density at radius 2 is 2.53 bits per heavy atom. The van der Waals surface area contributed by atoms with Crippen LogP contribution >= 0.6 is 11.8 Å². The lowest BCUT2D eigenvalue weighted by Crippen LogP contribution is -2.35. The number of nitrogens with zero attached hydrogens (tertiary/aromatic N) is 2. The third-order valence-corrected chi connectivity index (χ3v) is 3.51. The molecule has 0 aromatic carbocycles. The molecule has 0 aliphatic carbocycles. The second kappa shape index (κ2) is 4.24. The lowest BCUT2D eigenvalue weighted by molar-refractivity contribution is 0.264. The molecule has 1 aromatic heterocycles. The van der Waals surface area contributed by atoms with E-state index >= 15 is 0 Å². The smallest absolute Gasteiger partial charge is 0.253 e. The van der Waals surface area contributed by atoms with Crippen molar-refractivity contribution in [1.82, 2.24) is 14.9 Å². The number of nitrogens with two attached hydrogens (primary N) is 1. The largest absolute Gasteiger partial charge is 0.383 e. The van der Waals surface area contributed by atoms with Gasteiger partial charge in [0.2, 0.25) is 0 Å². The number of nitrogens with one attached hydrogen (secondary N) is 1. The van der Waals surface area contributed by atoms with Crippen LogP contribution in [0.5, 0.6) is 0 Å². The van der Waals surface area contributed by atoms with Gasteiger partial charge in [0.25, 0.3) is 5.56 Å². The summed E-state index contributed by atoms with van der Waals surface area (Å²) in [5.41, 5.74) is 5.38. The van der Waals surface area contributed by atoms with Crippen LogP contribution in [0.15, 0.2) is 10.9 Å². The number of hydrogen-bond acceptors (Lipinski definition) is 5. The first kappa shape index (κ1) is 10.5. The summed E-state index contributed by atoms with van der Waals surface area (Å²) in [6.07, 6.45) is 0.